The zero-order valence-electron chi connectivity index (χ0n) is 25.3. The highest BCUT2D eigenvalue weighted by Gasteiger charge is 2.64. The summed E-state index contributed by atoms with van der Waals surface area (Å²) >= 11 is 1.36. The van der Waals surface area contributed by atoms with Crippen LogP contribution in [0.15, 0.2) is 72.1 Å². The maximum Gasteiger partial charge on any atom is 0.413 e. The van der Waals surface area contributed by atoms with E-state index in [1.165, 1.54) is 16.9 Å². The number of carbonyl (C=O) groups excluding carboxylic acids is 4. The summed E-state index contributed by atoms with van der Waals surface area (Å²) in [5.41, 5.74) is 2.51. The van der Waals surface area contributed by atoms with Crippen LogP contribution in [0.25, 0.3) is 0 Å². The van der Waals surface area contributed by atoms with Crippen molar-refractivity contribution in [2.24, 2.45) is 5.41 Å². The number of alkyl carbamates (subject to hydrolysis) is 1. The molecule has 1 aliphatic heterocycles. The molecule has 2 aromatic carbocycles. The van der Waals surface area contributed by atoms with Gasteiger partial charge >= 0.3 is 6.09 Å². The monoisotopic (exact) mass is 629 g/mol. The standard InChI is InChI=1S/C34H39N5O5S/c1-34-17-27(39(28(34)18-34)30(41)20-36-29(40)15-9-8-12-23-10-4-2-5-11-23)32(42)37-19-26-16-25(22-45-26)31(35)38-33(43)44-21-24-13-6-3-7-14-24/h2-7,10-11,13-14,16,22,27-28H,8-9,12,15,17-21H2,1H3,(H,36,40)(H,37,42)(H2,35,38,43)/t27-,28-,34+/m0/s1. The lowest BCUT2D eigenvalue weighted by molar-refractivity contribution is -0.140. The molecule has 236 valence electrons. The minimum atomic E-state index is -0.720. The van der Waals surface area contributed by atoms with Gasteiger partial charge in [0.25, 0.3) is 0 Å². The third kappa shape index (κ3) is 8.57. The third-order valence-corrected chi connectivity index (χ3v) is 9.38. The molecule has 0 spiro atoms. The van der Waals surface area contributed by atoms with Gasteiger partial charge in [0, 0.05) is 28.3 Å². The molecule has 0 unspecified atom stereocenters. The van der Waals surface area contributed by atoms with Crippen LogP contribution in [-0.2, 0) is 38.7 Å². The van der Waals surface area contributed by atoms with Gasteiger partial charge in [-0.2, -0.15) is 0 Å². The fraction of sp³-hybridized carbons (Fsp3) is 0.382. The summed E-state index contributed by atoms with van der Waals surface area (Å²) in [6, 6.07) is 20.5. The number of thiophene rings is 1. The van der Waals surface area contributed by atoms with Gasteiger partial charge in [-0.05, 0) is 54.7 Å². The Hall–Kier alpha value is -4.51. The lowest BCUT2D eigenvalue weighted by atomic mass is 10.0. The summed E-state index contributed by atoms with van der Waals surface area (Å²) in [7, 11) is 0. The number of fused-ring (bicyclic) bond motifs is 1. The molecule has 1 saturated heterocycles. The molecule has 5 rings (SSSR count). The second kappa shape index (κ2) is 14.5. The Balaban J connectivity index is 1.04. The molecule has 0 radical (unpaired) electrons. The van der Waals surface area contributed by atoms with E-state index < -0.39 is 12.1 Å². The van der Waals surface area contributed by atoms with Crippen LogP contribution >= 0.6 is 11.3 Å². The summed E-state index contributed by atoms with van der Waals surface area (Å²) in [5, 5.41) is 18.1. The number of hydrogen-bond acceptors (Lipinski definition) is 7. The summed E-state index contributed by atoms with van der Waals surface area (Å²) in [6.45, 7) is 2.30. The van der Waals surface area contributed by atoms with Crippen LogP contribution in [0.4, 0.5) is 4.79 Å². The van der Waals surface area contributed by atoms with Crippen LogP contribution in [0.3, 0.4) is 0 Å². The Morgan fingerprint density at radius 1 is 0.978 bits per heavy atom. The van der Waals surface area contributed by atoms with Gasteiger partial charge in [0.1, 0.15) is 18.5 Å². The summed E-state index contributed by atoms with van der Waals surface area (Å²) < 4.78 is 5.18. The van der Waals surface area contributed by atoms with Crippen molar-refractivity contribution in [2.45, 2.75) is 70.7 Å². The van der Waals surface area contributed by atoms with Crippen molar-refractivity contribution < 1.29 is 23.9 Å². The molecule has 45 heavy (non-hydrogen) atoms. The number of amidine groups is 1. The third-order valence-electron chi connectivity index (χ3n) is 8.44. The number of nitrogens with one attached hydrogen (secondary N) is 4. The fourth-order valence-corrected chi connectivity index (χ4v) is 6.62. The largest absolute Gasteiger partial charge is 0.444 e. The second-order valence-electron chi connectivity index (χ2n) is 11.9. The number of piperidine rings is 1. The highest BCUT2D eigenvalue weighted by Crippen LogP contribution is 2.59. The number of carbonyl (C=O) groups is 4. The summed E-state index contributed by atoms with van der Waals surface area (Å²) in [6.07, 6.45) is 3.62. The zero-order chi connectivity index (χ0) is 31.8. The molecule has 3 atom stereocenters. The first kappa shape index (κ1) is 31.9. The number of likely N-dealkylation sites (tertiary alicyclic amines) is 1. The molecule has 4 N–H and O–H groups in total. The molecule has 1 aliphatic carbocycles. The van der Waals surface area contributed by atoms with E-state index in [2.05, 4.69) is 35.0 Å². The number of hydrogen-bond donors (Lipinski definition) is 4. The van der Waals surface area contributed by atoms with Crippen molar-refractivity contribution in [3.05, 3.63) is 93.7 Å². The molecule has 0 bridgehead atoms. The Labute approximate surface area is 267 Å². The van der Waals surface area contributed by atoms with Crippen LogP contribution in [0.1, 0.15) is 60.6 Å². The maximum atomic E-state index is 13.2. The van der Waals surface area contributed by atoms with E-state index in [1.807, 2.05) is 48.5 Å². The topological polar surface area (TPSA) is 141 Å². The number of aryl methyl sites for hydroxylation is 1. The second-order valence-corrected chi connectivity index (χ2v) is 12.9. The summed E-state index contributed by atoms with van der Waals surface area (Å²) in [5.74, 6) is -0.735. The van der Waals surface area contributed by atoms with Crippen molar-refractivity contribution in [1.29, 1.82) is 5.41 Å². The van der Waals surface area contributed by atoms with Gasteiger partial charge < -0.3 is 20.3 Å². The van der Waals surface area contributed by atoms with E-state index in [4.69, 9.17) is 10.1 Å². The van der Waals surface area contributed by atoms with Crippen molar-refractivity contribution in [1.82, 2.24) is 20.9 Å². The van der Waals surface area contributed by atoms with Crippen LogP contribution in [-0.4, -0.2) is 53.2 Å². The molecule has 2 heterocycles. The summed E-state index contributed by atoms with van der Waals surface area (Å²) in [4.78, 5) is 53.4. The number of benzene rings is 2. The number of unbranched alkanes of at least 4 members (excludes halogenated alkanes) is 1. The van der Waals surface area contributed by atoms with Gasteiger partial charge in [0.05, 0.1) is 13.1 Å². The Kier molecular flexibility index (Phi) is 10.3. The average Bonchev–Trinajstić information content (AvgIpc) is 3.35. The quantitative estimate of drug-likeness (QED) is 0.125. The molecule has 2 aliphatic rings. The highest BCUT2D eigenvalue weighted by atomic mass is 32.1. The fourth-order valence-electron chi connectivity index (χ4n) is 5.80. The smallest absolute Gasteiger partial charge is 0.413 e. The normalized spacial score (nSPS) is 19.7. The predicted molar refractivity (Wildman–Crippen MR) is 172 cm³/mol. The van der Waals surface area contributed by atoms with Crippen LogP contribution in [0.2, 0.25) is 0 Å². The SMILES string of the molecule is C[C@@]12C[C@@H]1N(C(=O)CNC(=O)CCCCc1ccccc1)[C@H](C(=O)NCc1cc(C(=N)NC(=O)OCc3ccccc3)cs1)C2. The Bertz CT molecular complexity index is 1530. The van der Waals surface area contributed by atoms with Crippen molar-refractivity contribution in [3.63, 3.8) is 0 Å². The lowest BCUT2D eigenvalue weighted by Crippen LogP contribution is -2.50. The molecule has 11 heteroatoms. The predicted octanol–water partition coefficient (Wildman–Crippen LogP) is 4.52. The van der Waals surface area contributed by atoms with E-state index in [1.54, 1.807) is 16.3 Å². The number of nitrogens with zero attached hydrogens (tertiary/aromatic N) is 1. The van der Waals surface area contributed by atoms with Crippen molar-refractivity contribution in [2.75, 3.05) is 6.54 Å². The van der Waals surface area contributed by atoms with Gasteiger partial charge in [-0.25, -0.2) is 4.79 Å². The molecule has 3 aromatic rings. The minimum Gasteiger partial charge on any atom is -0.444 e. The van der Waals surface area contributed by atoms with Gasteiger partial charge in [-0.3, -0.25) is 25.1 Å². The first-order valence-electron chi connectivity index (χ1n) is 15.3. The van der Waals surface area contributed by atoms with Gasteiger partial charge in [0.15, 0.2) is 0 Å². The van der Waals surface area contributed by atoms with Gasteiger partial charge in [-0.15, -0.1) is 11.3 Å². The van der Waals surface area contributed by atoms with Crippen molar-refractivity contribution >= 4 is 41.0 Å². The van der Waals surface area contributed by atoms with E-state index in [9.17, 15) is 19.2 Å². The first-order chi connectivity index (χ1) is 21.7. The van der Waals surface area contributed by atoms with E-state index in [-0.39, 0.29) is 54.7 Å². The molecule has 1 saturated carbocycles. The van der Waals surface area contributed by atoms with Gasteiger partial charge in [-0.1, -0.05) is 67.6 Å². The lowest BCUT2D eigenvalue weighted by Gasteiger charge is -2.27. The van der Waals surface area contributed by atoms with E-state index in [0.29, 0.717) is 18.4 Å². The van der Waals surface area contributed by atoms with Crippen LogP contribution in [0.5, 0.6) is 0 Å². The molecule has 10 nitrogen and oxygen atoms in total. The van der Waals surface area contributed by atoms with Gasteiger partial charge in [0.2, 0.25) is 17.7 Å². The molecule has 2 fully saturated rings. The maximum absolute atomic E-state index is 13.2. The zero-order valence-corrected chi connectivity index (χ0v) is 26.2. The van der Waals surface area contributed by atoms with E-state index in [0.717, 1.165) is 36.1 Å². The average molecular weight is 630 g/mol. The van der Waals surface area contributed by atoms with Crippen molar-refractivity contribution in [3.8, 4) is 0 Å². The Morgan fingerprint density at radius 2 is 1.69 bits per heavy atom. The first-order valence-corrected chi connectivity index (χ1v) is 16.1. The van der Waals surface area contributed by atoms with Crippen LogP contribution in [0, 0.1) is 10.8 Å². The molecular weight excluding hydrogens is 590 g/mol. The highest BCUT2D eigenvalue weighted by molar-refractivity contribution is 7.10. The molecule has 4 amide bonds. The molecular formula is C34H39N5O5S. The number of rotatable bonds is 13. The van der Waals surface area contributed by atoms with E-state index >= 15 is 0 Å². The Morgan fingerprint density at radius 3 is 2.42 bits per heavy atom. The minimum absolute atomic E-state index is 0.00468. The van der Waals surface area contributed by atoms with Crippen LogP contribution < -0.4 is 16.0 Å². The number of amides is 4. The molecule has 1 aromatic heterocycles. The number of ether oxygens (including phenoxy) is 1.